The van der Waals surface area contributed by atoms with E-state index in [9.17, 15) is 0 Å². The van der Waals surface area contributed by atoms with Crippen molar-refractivity contribution in [3.63, 3.8) is 0 Å². The lowest BCUT2D eigenvalue weighted by Gasteiger charge is -2.11. The van der Waals surface area contributed by atoms with Crippen LogP contribution in [0.3, 0.4) is 0 Å². The van der Waals surface area contributed by atoms with Gasteiger partial charge in [-0.2, -0.15) is 5.26 Å². The first-order chi connectivity index (χ1) is 5.65. The number of furan rings is 1. The van der Waals surface area contributed by atoms with Crippen LogP contribution in [0.25, 0.3) is 0 Å². The van der Waals surface area contributed by atoms with Crippen LogP contribution in [0.5, 0.6) is 0 Å². The van der Waals surface area contributed by atoms with Gasteiger partial charge in [-0.25, -0.2) is 0 Å². The van der Waals surface area contributed by atoms with E-state index in [0.717, 1.165) is 0 Å². The Morgan fingerprint density at radius 1 is 1.58 bits per heavy atom. The first-order valence-corrected chi connectivity index (χ1v) is 3.89. The standard InChI is InChI=1S/C9H12N2O/c1-6(2)9(11)8-3-7(4-10)5-12-8/h3,5-6,9H,11H2,1-2H3/t9-/m1/s1. The number of hydrogen-bond acceptors (Lipinski definition) is 3. The summed E-state index contributed by atoms with van der Waals surface area (Å²) in [5.74, 6) is 1.00. The summed E-state index contributed by atoms with van der Waals surface area (Å²) < 4.78 is 5.13. The molecule has 0 spiro atoms. The van der Waals surface area contributed by atoms with E-state index in [1.165, 1.54) is 6.26 Å². The van der Waals surface area contributed by atoms with Gasteiger partial charge in [0.25, 0.3) is 0 Å². The van der Waals surface area contributed by atoms with Gasteiger partial charge in [-0.15, -0.1) is 0 Å². The minimum Gasteiger partial charge on any atom is -0.466 e. The van der Waals surface area contributed by atoms with Crippen LogP contribution in [0.2, 0.25) is 0 Å². The molecule has 0 amide bonds. The van der Waals surface area contributed by atoms with Crippen molar-refractivity contribution in [2.24, 2.45) is 11.7 Å². The largest absolute Gasteiger partial charge is 0.466 e. The molecule has 0 aliphatic heterocycles. The molecule has 12 heavy (non-hydrogen) atoms. The molecule has 1 atom stereocenters. The molecule has 1 heterocycles. The molecule has 64 valence electrons. The van der Waals surface area contributed by atoms with E-state index in [4.69, 9.17) is 15.4 Å². The summed E-state index contributed by atoms with van der Waals surface area (Å²) in [5, 5.41) is 8.52. The van der Waals surface area contributed by atoms with Crippen molar-refractivity contribution in [3.8, 4) is 6.07 Å². The quantitative estimate of drug-likeness (QED) is 0.725. The lowest BCUT2D eigenvalue weighted by Crippen LogP contribution is -2.15. The predicted molar refractivity (Wildman–Crippen MR) is 45.2 cm³/mol. The second kappa shape index (κ2) is 3.42. The average Bonchev–Trinajstić information content (AvgIpc) is 2.50. The van der Waals surface area contributed by atoms with Crippen molar-refractivity contribution < 1.29 is 4.42 Å². The topological polar surface area (TPSA) is 63.0 Å². The molecular formula is C9H12N2O. The van der Waals surface area contributed by atoms with Crippen LogP contribution in [0.4, 0.5) is 0 Å². The van der Waals surface area contributed by atoms with Crippen molar-refractivity contribution >= 4 is 0 Å². The maximum Gasteiger partial charge on any atom is 0.122 e. The van der Waals surface area contributed by atoms with Crippen molar-refractivity contribution in [1.82, 2.24) is 0 Å². The van der Waals surface area contributed by atoms with Crippen LogP contribution in [0.15, 0.2) is 16.7 Å². The third-order valence-corrected chi connectivity index (χ3v) is 1.80. The third-order valence-electron chi connectivity index (χ3n) is 1.80. The summed E-state index contributed by atoms with van der Waals surface area (Å²) in [5.41, 5.74) is 6.33. The minimum atomic E-state index is -0.118. The van der Waals surface area contributed by atoms with Crippen molar-refractivity contribution in [1.29, 1.82) is 5.26 Å². The van der Waals surface area contributed by atoms with Gasteiger partial charge >= 0.3 is 0 Å². The fourth-order valence-corrected chi connectivity index (χ4v) is 0.915. The summed E-state index contributed by atoms with van der Waals surface area (Å²) >= 11 is 0. The Hall–Kier alpha value is -1.27. The molecule has 3 heteroatoms. The molecule has 0 unspecified atom stereocenters. The Labute approximate surface area is 71.8 Å². The Bertz CT molecular complexity index is 296. The van der Waals surface area contributed by atoms with Gasteiger partial charge in [0.2, 0.25) is 0 Å². The Kier molecular flexibility index (Phi) is 2.51. The normalized spacial score (nSPS) is 12.9. The van der Waals surface area contributed by atoms with Crippen LogP contribution >= 0.6 is 0 Å². The first kappa shape index (κ1) is 8.82. The van der Waals surface area contributed by atoms with E-state index in [2.05, 4.69) is 0 Å². The molecule has 0 radical (unpaired) electrons. The van der Waals surface area contributed by atoms with Gasteiger partial charge in [0.1, 0.15) is 18.1 Å². The second-order valence-electron chi connectivity index (χ2n) is 3.12. The zero-order chi connectivity index (χ0) is 9.14. The van der Waals surface area contributed by atoms with Crippen LogP contribution in [-0.2, 0) is 0 Å². The summed E-state index contributed by atoms with van der Waals surface area (Å²) in [6.45, 7) is 4.03. The van der Waals surface area contributed by atoms with Crippen LogP contribution in [0, 0.1) is 17.2 Å². The highest BCUT2D eigenvalue weighted by Gasteiger charge is 2.14. The van der Waals surface area contributed by atoms with Crippen molar-refractivity contribution in [3.05, 3.63) is 23.7 Å². The SMILES string of the molecule is CC(C)[C@@H](N)c1cc(C#N)co1. The molecule has 0 aromatic carbocycles. The van der Waals surface area contributed by atoms with Crippen molar-refractivity contribution in [2.75, 3.05) is 0 Å². The number of hydrogen-bond donors (Lipinski definition) is 1. The summed E-state index contributed by atoms with van der Waals surface area (Å²) in [7, 11) is 0. The van der Waals surface area contributed by atoms with Crippen LogP contribution in [0.1, 0.15) is 31.2 Å². The molecule has 1 rings (SSSR count). The maximum absolute atomic E-state index is 8.52. The molecular weight excluding hydrogens is 152 g/mol. The minimum absolute atomic E-state index is 0.118. The molecule has 0 aliphatic carbocycles. The van der Waals surface area contributed by atoms with E-state index in [-0.39, 0.29) is 6.04 Å². The number of nitriles is 1. The highest BCUT2D eigenvalue weighted by atomic mass is 16.3. The Morgan fingerprint density at radius 3 is 2.67 bits per heavy atom. The van der Waals surface area contributed by atoms with Crippen LogP contribution in [-0.4, -0.2) is 0 Å². The molecule has 3 nitrogen and oxygen atoms in total. The number of nitrogens with zero attached hydrogens (tertiary/aromatic N) is 1. The summed E-state index contributed by atoms with van der Waals surface area (Å²) in [6, 6.07) is 3.56. The highest BCUT2D eigenvalue weighted by molar-refractivity contribution is 5.27. The second-order valence-corrected chi connectivity index (χ2v) is 3.12. The molecule has 0 aliphatic rings. The van der Waals surface area contributed by atoms with Gasteiger partial charge in [-0.3, -0.25) is 0 Å². The fraction of sp³-hybridized carbons (Fsp3) is 0.444. The predicted octanol–water partition coefficient (Wildman–Crippen LogP) is 1.81. The smallest absolute Gasteiger partial charge is 0.122 e. The van der Waals surface area contributed by atoms with Gasteiger partial charge in [0, 0.05) is 0 Å². The van der Waals surface area contributed by atoms with E-state index < -0.39 is 0 Å². The monoisotopic (exact) mass is 164 g/mol. The van der Waals surface area contributed by atoms with Gasteiger partial charge in [-0.1, -0.05) is 13.8 Å². The Morgan fingerprint density at radius 2 is 2.25 bits per heavy atom. The van der Waals surface area contributed by atoms with Gasteiger partial charge in [0.15, 0.2) is 0 Å². The lowest BCUT2D eigenvalue weighted by atomic mass is 10.0. The van der Waals surface area contributed by atoms with E-state index in [1.807, 2.05) is 19.9 Å². The average molecular weight is 164 g/mol. The number of rotatable bonds is 2. The van der Waals surface area contributed by atoms with E-state index in [1.54, 1.807) is 6.07 Å². The molecule has 2 N–H and O–H groups in total. The van der Waals surface area contributed by atoms with E-state index in [0.29, 0.717) is 17.2 Å². The zero-order valence-corrected chi connectivity index (χ0v) is 7.24. The first-order valence-electron chi connectivity index (χ1n) is 3.89. The summed E-state index contributed by atoms with van der Waals surface area (Å²) in [6.07, 6.45) is 1.43. The molecule has 1 aromatic heterocycles. The lowest BCUT2D eigenvalue weighted by molar-refractivity contribution is 0.402. The maximum atomic E-state index is 8.52. The highest BCUT2D eigenvalue weighted by Crippen LogP contribution is 2.20. The third kappa shape index (κ3) is 1.66. The van der Waals surface area contributed by atoms with E-state index >= 15 is 0 Å². The van der Waals surface area contributed by atoms with Gasteiger partial charge in [-0.05, 0) is 12.0 Å². The van der Waals surface area contributed by atoms with Gasteiger partial charge < -0.3 is 10.2 Å². The molecule has 0 saturated carbocycles. The zero-order valence-electron chi connectivity index (χ0n) is 7.24. The van der Waals surface area contributed by atoms with Gasteiger partial charge in [0.05, 0.1) is 11.6 Å². The summed E-state index contributed by atoms with van der Waals surface area (Å²) in [4.78, 5) is 0. The molecule has 0 saturated heterocycles. The molecule has 0 bridgehead atoms. The Balaban J connectivity index is 2.83. The fourth-order valence-electron chi connectivity index (χ4n) is 0.915. The number of nitrogens with two attached hydrogens (primary N) is 1. The van der Waals surface area contributed by atoms with Crippen molar-refractivity contribution in [2.45, 2.75) is 19.9 Å². The van der Waals surface area contributed by atoms with Crippen LogP contribution < -0.4 is 5.73 Å². The molecule has 0 fully saturated rings. The molecule has 1 aromatic rings.